The van der Waals surface area contributed by atoms with Gasteiger partial charge >= 0.3 is 0 Å². The lowest BCUT2D eigenvalue weighted by atomic mass is 10.0. The van der Waals surface area contributed by atoms with Crippen molar-refractivity contribution in [2.75, 3.05) is 51.5 Å². The Balaban J connectivity index is 1.49. The molecule has 0 radical (unpaired) electrons. The molecule has 0 saturated carbocycles. The first-order valence-corrected chi connectivity index (χ1v) is 10.9. The number of hydrogen-bond acceptors (Lipinski definition) is 7. The maximum absolute atomic E-state index is 10.5. The average molecular weight is 434 g/mol. The molecule has 2 aliphatic heterocycles. The molecule has 7 nitrogen and oxygen atoms in total. The molecule has 3 aromatic rings. The molecule has 1 fully saturated rings. The Hall–Kier alpha value is -3.29. The van der Waals surface area contributed by atoms with E-state index in [2.05, 4.69) is 10.2 Å². The minimum Gasteiger partial charge on any atom is -0.507 e. The molecule has 1 saturated heterocycles. The van der Waals surface area contributed by atoms with Gasteiger partial charge < -0.3 is 24.6 Å². The van der Waals surface area contributed by atoms with Crippen molar-refractivity contribution in [2.45, 2.75) is 6.92 Å². The molecular formula is C25H27N3O4. The predicted octanol–water partition coefficient (Wildman–Crippen LogP) is 3.90. The molecule has 2 aliphatic rings. The number of hydrogen-bond donors (Lipinski definition) is 2. The summed E-state index contributed by atoms with van der Waals surface area (Å²) >= 11 is 0. The molecule has 0 spiro atoms. The summed E-state index contributed by atoms with van der Waals surface area (Å²) in [4.78, 5) is 7.20. The molecule has 1 aromatic heterocycles. The predicted molar refractivity (Wildman–Crippen MR) is 123 cm³/mol. The summed E-state index contributed by atoms with van der Waals surface area (Å²) < 4.78 is 16.7. The lowest BCUT2D eigenvalue weighted by Gasteiger charge is -2.26. The molecule has 32 heavy (non-hydrogen) atoms. The van der Waals surface area contributed by atoms with Crippen LogP contribution in [-0.2, 0) is 4.74 Å². The third-order valence-corrected chi connectivity index (χ3v) is 5.80. The van der Waals surface area contributed by atoms with Crippen LogP contribution in [0.5, 0.6) is 17.2 Å². The fraction of sp³-hybridized carbons (Fsp3) is 0.320. The van der Waals surface area contributed by atoms with Crippen LogP contribution in [0.4, 0.5) is 5.82 Å². The number of pyridine rings is 1. The van der Waals surface area contributed by atoms with Crippen LogP contribution in [0, 0.1) is 6.92 Å². The standard InChI is InChI=1S/C25H27N3O4/c1-17-5-6-22(29)20(13-17)21-14-18(19-3-2-4-23-25(19)32-16-31-23)15-24(27-21)26-7-8-28-9-11-30-12-10-28/h2-6,13-15,29H,7-12,16H2,1H3,(H,26,27). The van der Waals surface area contributed by atoms with Crippen molar-refractivity contribution >= 4 is 5.82 Å². The number of para-hydroxylation sites is 1. The molecular weight excluding hydrogens is 406 g/mol. The average Bonchev–Trinajstić information content (AvgIpc) is 3.30. The Morgan fingerprint density at radius 1 is 1.03 bits per heavy atom. The number of anilines is 1. The van der Waals surface area contributed by atoms with E-state index in [1.165, 1.54) is 0 Å². The molecule has 3 heterocycles. The van der Waals surface area contributed by atoms with Crippen LogP contribution in [0.15, 0.2) is 48.5 Å². The van der Waals surface area contributed by atoms with Crippen molar-refractivity contribution in [1.82, 2.24) is 9.88 Å². The van der Waals surface area contributed by atoms with E-state index in [1.807, 2.05) is 49.4 Å². The zero-order valence-electron chi connectivity index (χ0n) is 18.1. The van der Waals surface area contributed by atoms with Crippen LogP contribution in [0.3, 0.4) is 0 Å². The van der Waals surface area contributed by atoms with Crippen LogP contribution < -0.4 is 14.8 Å². The van der Waals surface area contributed by atoms with Gasteiger partial charge in [-0.3, -0.25) is 4.90 Å². The van der Waals surface area contributed by atoms with Crippen LogP contribution in [0.1, 0.15) is 5.56 Å². The smallest absolute Gasteiger partial charge is 0.231 e. The number of aryl methyl sites for hydroxylation is 1. The van der Waals surface area contributed by atoms with Crippen LogP contribution in [0.2, 0.25) is 0 Å². The van der Waals surface area contributed by atoms with E-state index in [4.69, 9.17) is 19.2 Å². The van der Waals surface area contributed by atoms with Gasteiger partial charge in [-0.1, -0.05) is 23.8 Å². The molecule has 5 rings (SSSR count). The number of phenols is 1. The van der Waals surface area contributed by atoms with Gasteiger partial charge in [-0.15, -0.1) is 0 Å². The molecule has 2 N–H and O–H groups in total. The van der Waals surface area contributed by atoms with Gasteiger partial charge in [-0.2, -0.15) is 0 Å². The van der Waals surface area contributed by atoms with Crippen molar-refractivity contribution in [1.29, 1.82) is 0 Å². The van der Waals surface area contributed by atoms with E-state index in [0.717, 1.165) is 73.4 Å². The number of ether oxygens (including phenoxy) is 3. The summed E-state index contributed by atoms with van der Waals surface area (Å²) in [5.74, 6) is 2.43. The SMILES string of the molecule is Cc1ccc(O)c(-c2cc(-c3cccc4c3OCO4)cc(NCCN3CCOCC3)n2)c1. The first-order valence-electron chi connectivity index (χ1n) is 10.9. The second kappa shape index (κ2) is 9.06. The van der Waals surface area contributed by atoms with Crippen molar-refractivity contribution in [3.8, 4) is 39.6 Å². The third-order valence-electron chi connectivity index (χ3n) is 5.80. The summed E-state index contributed by atoms with van der Waals surface area (Å²) in [6.45, 7) is 7.37. The van der Waals surface area contributed by atoms with E-state index in [9.17, 15) is 5.11 Å². The number of aromatic hydroxyl groups is 1. The Morgan fingerprint density at radius 2 is 1.91 bits per heavy atom. The molecule has 2 aromatic carbocycles. The first-order chi connectivity index (χ1) is 15.7. The Bertz CT molecular complexity index is 1110. The highest BCUT2D eigenvalue weighted by Crippen LogP contribution is 2.43. The second-order valence-electron chi connectivity index (χ2n) is 8.07. The van der Waals surface area contributed by atoms with Crippen molar-refractivity contribution in [3.05, 3.63) is 54.1 Å². The van der Waals surface area contributed by atoms with E-state index < -0.39 is 0 Å². The number of morpholine rings is 1. The maximum atomic E-state index is 10.5. The Kier molecular flexibility index (Phi) is 5.83. The first kappa shape index (κ1) is 20.6. The highest BCUT2D eigenvalue weighted by atomic mass is 16.7. The zero-order chi connectivity index (χ0) is 21.9. The molecule has 0 aliphatic carbocycles. The third kappa shape index (κ3) is 4.35. The minimum atomic E-state index is 0.206. The molecule has 0 atom stereocenters. The van der Waals surface area contributed by atoms with Gasteiger partial charge in [-0.05, 0) is 42.8 Å². The molecule has 0 bridgehead atoms. The zero-order valence-corrected chi connectivity index (χ0v) is 18.1. The molecule has 0 unspecified atom stereocenters. The summed E-state index contributed by atoms with van der Waals surface area (Å²) in [5.41, 5.74) is 4.35. The van der Waals surface area contributed by atoms with E-state index in [0.29, 0.717) is 11.3 Å². The van der Waals surface area contributed by atoms with Crippen LogP contribution in [-0.4, -0.2) is 61.2 Å². The van der Waals surface area contributed by atoms with E-state index in [1.54, 1.807) is 6.07 Å². The van der Waals surface area contributed by atoms with Crippen molar-refractivity contribution in [3.63, 3.8) is 0 Å². The fourth-order valence-electron chi connectivity index (χ4n) is 4.09. The quantitative estimate of drug-likeness (QED) is 0.611. The molecule has 0 amide bonds. The Labute approximate surface area is 187 Å². The number of nitrogens with zero attached hydrogens (tertiary/aromatic N) is 2. The van der Waals surface area contributed by atoms with E-state index >= 15 is 0 Å². The monoisotopic (exact) mass is 433 g/mol. The lowest BCUT2D eigenvalue weighted by molar-refractivity contribution is 0.0398. The molecule has 166 valence electrons. The van der Waals surface area contributed by atoms with Crippen molar-refractivity contribution < 1.29 is 19.3 Å². The fourth-order valence-corrected chi connectivity index (χ4v) is 4.09. The summed E-state index contributed by atoms with van der Waals surface area (Å²) in [6.07, 6.45) is 0. The number of nitrogens with one attached hydrogen (secondary N) is 1. The highest BCUT2D eigenvalue weighted by molar-refractivity contribution is 5.81. The minimum absolute atomic E-state index is 0.206. The van der Waals surface area contributed by atoms with Gasteiger partial charge in [0.05, 0.1) is 18.9 Å². The summed E-state index contributed by atoms with van der Waals surface area (Å²) in [6, 6.07) is 15.4. The van der Waals surface area contributed by atoms with Crippen LogP contribution in [0.25, 0.3) is 22.4 Å². The Morgan fingerprint density at radius 3 is 2.78 bits per heavy atom. The largest absolute Gasteiger partial charge is 0.507 e. The van der Waals surface area contributed by atoms with Gasteiger partial charge in [0.25, 0.3) is 0 Å². The van der Waals surface area contributed by atoms with Gasteiger partial charge in [0, 0.05) is 37.3 Å². The van der Waals surface area contributed by atoms with Gasteiger partial charge in [0.1, 0.15) is 11.6 Å². The lowest BCUT2D eigenvalue weighted by Crippen LogP contribution is -2.39. The number of fused-ring (bicyclic) bond motifs is 1. The van der Waals surface area contributed by atoms with Crippen LogP contribution >= 0.6 is 0 Å². The summed E-state index contributed by atoms with van der Waals surface area (Å²) in [5, 5.41) is 14.0. The summed E-state index contributed by atoms with van der Waals surface area (Å²) in [7, 11) is 0. The van der Waals surface area contributed by atoms with E-state index in [-0.39, 0.29) is 12.5 Å². The topological polar surface area (TPSA) is 76.1 Å². The van der Waals surface area contributed by atoms with Gasteiger partial charge in [0.2, 0.25) is 6.79 Å². The second-order valence-corrected chi connectivity index (χ2v) is 8.07. The maximum Gasteiger partial charge on any atom is 0.231 e. The highest BCUT2D eigenvalue weighted by Gasteiger charge is 2.20. The van der Waals surface area contributed by atoms with Gasteiger partial charge in [-0.25, -0.2) is 4.98 Å². The van der Waals surface area contributed by atoms with Gasteiger partial charge in [0.15, 0.2) is 11.5 Å². The molecule has 7 heteroatoms. The van der Waals surface area contributed by atoms with Crippen molar-refractivity contribution in [2.24, 2.45) is 0 Å². The normalized spacial score (nSPS) is 15.7. The number of rotatable bonds is 6. The number of benzene rings is 2. The number of aromatic nitrogens is 1. The number of phenolic OH excluding ortho intramolecular Hbond substituents is 1.